The molecule has 0 amide bonds. The first-order valence-corrected chi connectivity index (χ1v) is 10.5. The van der Waals surface area contributed by atoms with Gasteiger partial charge in [-0.05, 0) is 30.5 Å². The van der Waals surface area contributed by atoms with Crippen LogP contribution in [0.4, 0.5) is 24.5 Å². The van der Waals surface area contributed by atoms with Crippen LogP contribution in [0.3, 0.4) is 0 Å². The maximum atomic E-state index is 12.9. The molecule has 5 nitrogen and oxygen atoms in total. The van der Waals surface area contributed by atoms with E-state index in [1.807, 2.05) is 25.1 Å². The zero-order chi connectivity index (χ0) is 21.6. The van der Waals surface area contributed by atoms with E-state index in [1.54, 1.807) is 11.9 Å². The van der Waals surface area contributed by atoms with Crippen LogP contribution in [0.2, 0.25) is 0 Å². The van der Waals surface area contributed by atoms with Crippen molar-refractivity contribution in [3.63, 3.8) is 0 Å². The van der Waals surface area contributed by atoms with E-state index >= 15 is 0 Å². The van der Waals surface area contributed by atoms with E-state index in [1.165, 1.54) is 0 Å². The highest BCUT2D eigenvalue weighted by molar-refractivity contribution is 7.86. The molecule has 1 aromatic carbocycles. The van der Waals surface area contributed by atoms with Crippen LogP contribution >= 0.6 is 0 Å². The number of nitrogens with two attached hydrogens (primary N) is 2. The van der Waals surface area contributed by atoms with Crippen molar-refractivity contribution in [1.82, 2.24) is 4.98 Å². The summed E-state index contributed by atoms with van der Waals surface area (Å²) >= 11 is 0. The van der Waals surface area contributed by atoms with Crippen molar-refractivity contribution in [3.05, 3.63) is 53.9 Å². The van der Waals surface area contributed by atoms with Gasteiger partial charge in [0.05, 0.1) is 17.6 Å². The van der Waals surface area contributed by atoms with Gasteiger partial charge in [0.1, 0.15) is 5.69 Å². The molecule has 0 radical (unpaired) electrons. The molecule has 1 atom stereocenters. The Hall–Kier alpha value is -2.39. The van der Waals surface area contributed by atoms with Crippen molar-refractivity contribution in [2.75, 3.05) is 23.4 Å². The molecule has 0 saturated heterocycles. The molecule has 1 fully saturated rings. The van der Waals surface area contributed by atoms with Gasteiger partial charge in [-0.1, -0.05) is 36.3 Å². The number of aromatic nitrogens is 1. The highest BCUT2D eigenvalue weighted by Gasteiger charge is 2.40. The van der Waals surface area contributed by atoms with E-state index in [2.05, 4.69) is 11.6 Å². The Balaban J connectivity index is 1.98. The molecule has 1 aliphatic rings. The number of hydrogen-bond acceptors (Lipinski definition) is 5. The smallest absolute Gasteiger partial charge is 0.397 e. The third-order valence-electron chi connectivity index (χ3n) is 5.18. The number of hydrogen-bond donors (Lipinski definition) is 3. The van der Waals surface area contributed by atoms with Gasteiger partial charge >= 0.3 is 6.18 Å². The lowest BCUT2D eigenvalue weighted by Gasteiger charge is -2.26. The average Bonchev–Trinajstić information content (AvgIpc) is 3.43. The van der Waals surface area contributed by atoms with E-state index < -0.39 is 22.6 Å². The van der Waals surface area contributed by atoms with Gasteiger partial charge in [0.15, 0.2) is 0 Å². The van der Waals surface area contributed by atoms with E-state index in [9.17, 15) is 13.2 Å². The molecular formula is C20H24F3N5S. The van der Waals surface area contributed by atoms with E-state index in [-0.39, 0.29) is 11.2 Å². The van der Waals surface area contributed by atoms with Crippen molar-refractivity contribution >= 4 is 27.8 Å². The Morgan fingerprint density at radius 2 is 2.00 bits per heavy atom. The second-order valence-electron chi connectivity index (χ2n) is 7.18. The molecule has 1 saturated carbocycles. The maximum Gasteiger partial charge on any atom is 0.433 e. The lowest BCUT2D eigenvalue weighted by atomic mass is 10.0. The molecule has 0 bridgehead atoms. The third-order valence-corrected chi connectivity index (χ3v) is 6.63. The van der Waals surface area contributed by atoms with Gasteiger partial charge in [0, 0.05) is 34.5 Å². The van der Waals surface area contributed by atoms with Crippen LogP contribution < -0.4 is 16.4 Å². The summed E-state index contributed by atoms with van der Waals surface area (Å²) in [6.07, 6.45) is -1.64. The number of nitrogens with one attached hydrogen (secondary N) is 1. The standard InChI is InChI=1S/C20H24F3N5S/c1-4-29(26)17-9-13(19(25)7-8-19)5-6-14(17)12(2)28(3)16-11-27-18(10-15(16)24)20(21,22)23/h5-6,9-11,26H,2,4,7-8,25H2,1,3H3,(H2,24,27). The summed E-state index contributed by atoms with van der Waals surface area (Å²) in [5.74, 6) is 0.634. The molecule has 156 valence electrons. The first kappa shape index (κ1) is 21.3. The third kappa shape index (κ3) is 4.16. The minimum atomic E-state index is -4.56. The summed E-state index contributed by atoms with van der Waals surface area (Å²) in [6.45, 7) is 6.05. The fourth-order valence-corrected chi connectivity index (χ4v) is 4.11. The van der Waals surface area contributed by atoms with Crippen molar-refractivity contribution in [3.8, 4) is 0 Å². The number of halogens is 3. The minimum absolute atomic E-state index is 0.0478. The number of nitrogen functional groups attached to an aromatic ring is 1. The van der Waals surface area contributed by atoms with Gasteiger partial charge in [-0.2, -0.15) is 13.2 Å². The molecule has 1 aliphatic carbocycles. The van der Waals surface area contributed by atoms with Gasteiger partial charge < -0.3 is 16.4 Å². The zero-order valence-corrected chi connectivity index (χ0v) is 17.1. The van der Waals surface area contributed by atoms with Crippen LogP contribution in [-0.2, 0) is 22.4 Å². The monoisotopic (exact) mass is 423 g/mol. The second-order valence-corrected chi connectivity index (χ2v) is 8.98. The van der Waals surface area contributed by atoms with Gasteiger partial charge in [-0.25, -0.2) is 4.98 Å². The van der Waals surface area contributed by atoms with Gasteiger partial charge in [-0.3, -0.25) is 4.78 Å². The first-order chi connectivity index (χ1) is 13.5. The molecule has 1 aromatic heterocycles. The van der Waals surface area contributed by atoms with Crippen LogP contribution in [0, 0.1) is 4.78 Å². The molecule has 1 unspecified atom stereocenters. The predicted molar refractivity (Wildman–Crippen MR) is 112 cm³/mol. The number of rotatable bonds is 6. The second kappa shape index (κ2) is 7.46. The van der Waals surface area contributed by atoms with Crippen molar-refractivity contribution < 1.29 is 13.2 Å². The van der Waals surface area contributed by atoms with Crippen LogP contribution in [0.5, 0.6) is 0 Å². The Kier molecular flexibility index (Phi) is 5.48. The molecule has 29 heavy (non-hydrogen) atoms. The Morgan fingerprint density at radius 1 is 1.34 bits per heavy atom. The van der Waals surface area contributed by atoms with Crippen molar-refractivity contribution in [1.29, 1.82) is 4.78 Å². The minimum Gasteiger partial charge on any atom is -0.397 e. The number of anilines is 2. The first-order valence-electron chi connectivity index (χ1n) is 9.09. The predicted octanol–water partition coefficient (Wildman–Crippen LogP) is 4.50. The number of pyridine rings is 1. The van der Waals surface area contributed by atoms with Crippen molar-refractivity contribution in [2.24, 2.45) is 5.73 Å². The van der Waals surface area contributed by atoms with Crippen LogP contribution in [0.15, 0.2) is 41.9 Å². The molecule has 5 N–H and O–H groups in total. The van der Waals surface area contributed by atoms with Gasteiger partial charge in [0.25, 0.3) is 0 Å². The quantitative estimate of drug-likeness (QED) is 0.638. The van der Waals surface area contributed by atoms with Crippen LogP contribution in [0.1, 0.15) is 36.6 Å². The number of alkyl halides is 3. The number of nitrogens with zero attached hydrogens (tertiary/aromatic N) is 2. The normalized spacial score (nSPS) is 16.3. The molecule has 1 heterocycles. The van der Waals surface area contributed by atoms with Crippen molar-refractivity contribution in [2.45, 2.75) is 36.4 Å². The molecule has 9 heteroatoms. The highest BCUT2D eigenvalue weighted by Crippen LogP contribution is 2.44. The molecule has 0 spiro atoms. The van der Waals surface area contributed by atoms with E-state index in [0.29, 0.717) is 17.1 Å². The summed E-state index contributed by atoms with van der Waals surface area (Å²) in [5, 5.41) is 0. The largest absolute Gasteiger partial charge is 0.433 e. The van der Waals surface area contributed by atoms with E-state index in [4.69, 9.17) is 16.2 Å². The summed E-state index contributed by atoms with van der Waals surface area (Å²) in [5.41, 5.74) is 13.4. The maximum absolute atomic E-state index is 12.9. The fraction of sp³-hybridized carbons (Fsp3) is 0.350. The molecule has 2 aromatic rings. The Bertz CT molecular complexity index is 983. The highest BCUT2D eigenvalue weighted by atomic mass is 32.2. The molecular weight excluding hydrogens is 399 g/mol. The molecule has 0 aliphatic heterocycles. The van der Waals surface area contributed by atoms with Crippen LogP contribution in [-0.4, -0.2) is 17.8 Å². The summed E-state index contributed by atoms with van der Waals surface area (Å²) in [6, 6.07) is 6.60. The topological polar surface area (TPSA) is 92.0 Å². The van der Waals surface area contributed by atoms with Crippen LogP contribution in [0.25, 0.3) is 5.70 Å². The lowest BCUT2D eigenvalue weighted by molar-refractivity contribution is -0.141. The Labute approximate surface area is 170 Å². The fourth-order valence-electron chi connectivity index (χ4n) is 3.08. The summed E-state index contributed by atoms with van der Waals surface area (Å²) < 4.78 is 47.1. The summed E-state index contributed by atoms with van der Waals surface area (Å²) in [4.78, 5) is 5.91. The molecule has 3 rings (SSSR count). The number of benzene rings is 1. The lowest BCUT2D eigenvalue weighted by Crippen LogP contribution is -2.21. The van der Waals surface area contributed by atoms with Gasteiger partial charge in [-0.15, -0.1) is 0 Å². The SMILES string of the molecule is C=C(c1ccc(C2(N)CC2)cc1S(=N)CC)N(C)c1cnc(C(F)(F)F)cc1N. The van der Waals surface area contributed by atoms with Gasteiger partial charge in [0.2, 0.25) is 0 Å². The Morgan fingerprint density at radius 3 is 2.52 bits per heavy atom. The average molecular weight is 424 g/mol. The van der Waals surface area contributed by atoms with E-state index in [0.717, 1.165) is 41.1 Å². The summed E-state index contributed by atoms with van der Waals surface area (Å²) in [7, 11) is 0.894. The zero-order valence-electron chi connectivity index (χ0n) is 16.3.